The van der Waals surface area contributed by atoms with Gasteiger partial charge in [-0.25, -0.2) is 0 Å². The van der Waals surface area contributed by atoms with Crippen molar-refractivity contribution in [1.29, 1.82) is 5.26 Å². The summed E-state index contributed by atoms with van der Waals surface area (Å²) >= 11 is 0. The summed E-state index contributed by atoms with van der Waals surface area (Å²) < 4.78 is 11.2. The van der Waals surface area contributed by atoms with Crippen LogP contribution in [0.5, 0.6) is 11.5 Å². The van der Waals surface area contributed by atoms with Crippen molar-refractivity contribution in [3.63, 3.8) is 0 Å². The van der Waals surface area contributed by atoms with Crippen molar-refractivity contribution >= 4 is 0 Å². The number of nitrogens with zero attached hydrogens (tertiary/aromatic N) is 3. The number of hydrogen-bond donors (Lipinski definition) is 0. The zero-order valence-corrected chi connectivity index (χ0v) is 13.5. The monoisotopic (exact) mass is 303 g/mol. The smallest absolute Gasteiger partial charge is 0.165 e. The quantitative estimate of drug-likeness (QED) is 0.772. The van der Waals surface area contributed by atoms with Crippen molar-refractivity contribution in [1.82, 2.24) is 9.80 Å². The van der Waals surface area contributed by atoms with Crippen LogP contribution in [-0.4, -0.2) is 56.2 Å². The van der Waals surface area contributed by atoms with Crippen molar-refractivity contribution in [3.05, 3.63) is 23.8 Å². The average molecular weight is 303 g/mol. The standard InChI is InChI=1S/C17H25N3O2/c1-3-22-17-15(6-4-7-16(17)21-2)14-20-12-10-19(11-13-20)9-5-8-18/h4,6-7H,3,5,9-14H2,1-2H3. The van der Waals surface area contributed by atoms with Crippen LogP contribution in [0.25, 0.3) is 0 Å². The van der Waals surface area contributed by atoms with Crippen LogP contribution in [0.3, 0.4) is 0 Å². The molecule has 22 heavy (non-hydrogen) atoms. The van der Waals surface area contributed by atoms with E-state index in [0.29, 0.717) is 13.0 Å². The normalized spacial score (nSPS) is 16.2. The second kappa shape index (κ2) is 8.62. The minimum atomic E-state index is 0.615. The molecular weight excluding hydrogens is 278 g/mol. The molecule has 120 valence electrons. The third-order valence-corrected chi connectivity index (χ3v) is 3.97. The van der Waals surface area contributed by atoms with Crippen molar-refractivity contribution in [2.45, 2.75) is 19.9 Å². The first kappa shape index (κ1) is 16.6. The largest absolute Gasteiger partial charge is 0.493 e. The number of benzene rings is 1. The zero-order chi connectivity index (χ0) is 15.8. The zero-order valence-electron chi connectivity index (χ0n) is 13.5. The van der Waals surface area contributed by atoms with Gasteiger partial charge in [-0.1, -0.05) is 12.1 Å². The fourth-order valence-electron chi connectivity index (χ4n) is 2.77. The summed E-state index contributed by atoms with van der Waals surface area (Å²) in [5, 5.41) is 8.66. The summed E-state index contributed by atoms with van der Waals surface area (Å²) in [6.45, 7) is 8.47. The summed E-state index contributed by atoms with van der Waals surface area (Å²) in [7, 11) is 1.68. The predicted octanol–water partition coefficient (Wildman–Crippen LogP) is 2.13. The second-order valence-corrected chi connectivity index (χ2v) is 5.41. The van der Waals surface area contributed by atoms with Crippen LogP contribution < -0.4 is 9.47 Å². The van der Waals surface area contributed by atoms with E-state index >= 15 is 0 Å². The Bertz CT molecular complexity index is 505. The van der Waals surface area contributed by atoms with Crippen LogP contribution >= 0.6 is 0 Å². The lowest BCUT2D eigenvalue weighted by Gasteiger charge is -2.34. The molecular formula is C17H25N3O2. The number of methoxy groups -OCH3 is 1. The van der Waals surface area contributed by atoms with Gasteiger partial charge in [-0.3, -0.25) is 9.80 Å². The van der Waals surface area contributed by atoms with Crippen molar-refractivity contribution in [3.8, 4) is 17.6 Å². The minimum absolute atomic E-state index is 0.615. The van der Waals surface area contributed by atoms with Gasteiger partial charge in [-0.05, 0) is 13.0 Å². The Morgan fingerprint density at radius 2 is 1.91 bits per heavy atom. The number of nitriles is 1. The molecule has 0 saturated carbocycles. The lowest BCUT2D eigenvalue weighted by molar-refractivity contribution is 0.128. The third kappa shape index (κ3) is 4.36. The van der Waals surface area contributed by atoms with Crippen LogP contribution in [0, 0.1) is 11.3 Å². The Morgan fingerprint density at radius 3 is 2.55 bits per heavy atom. The van der Waals surface area contributed by atoms with E-state index in [-0.39, 0.29) is 0 Å². The molecule has 2 rings (SSSR count). The van der Waals surface area contributed by atoms with Gasteiger partial charge in [-0.15, -0.1) is 0 Å². The van der Waals surface area contributed by atoms with Crippen molar-refractivity contribution in [2.75, 3.05) is 46.4 Å². The molecule has 0 unspecified atom stereocenters. The molecule has 0 atom stereocenters. The average Bonchev–Trinajstić information content (AvgIpc) is 2.56. The Morgan fingerprint density at radius 1 is 1.18 bits per heavy atom. The Kier molecular flexibility index (Phi) is 6.50. The summed E-state index contributed by atoms with van der Waals surface area (Å²) in [4.78, 5) is 4.79. The predicted molar refractivity (Wildman–Crippen MR) is 86.1 cm³/mol. The summed E-state index contributed by atoms with van der Waals surface area (Å²) in [6.07, 6.45) is 0.615. The number of piperazine rings is 1. The maximum atomic E-state index is 8.66. The number of para-hydroxylation sites is 1. The van der Waals surface area contributed by atoms with Crippen LogP contribution in [0.2, 0.25) is 0 Å². The topological polar surface area (TPSA) is 48.7 Å². The van der Waals surface area contributed by atoms with E-state index < -0.39 is 0 Å². The van der Waals surface area contributed by atoms with Gasteiger partial charge in [0.15, 0.2) is 11.5 Å². The maximum absolute atomic E-state index is 8.66. The molecule has 1 aromatic rings. The summed E-state index contributed by atoms with van der Waals surface area (Å²) in [5.41, 5.74) is 1.17. The first-order valence-electron chi connectivity index (χ1n) is 7.88. The van der Waals surface area contributed by atoms with E-state index in [4.69, 9.17) is 14.7 Å². The molecule has 0 spiro atoms. The SMILES string of the molecule is CCOc1c(CN2CCN(CCC#N)CC2)cccc1OC. The highest BCUT2D eigenvalue weighted by Crippen LogP contribution is 2.32. The molecule has 0 aliphatic carbocycles. The fraction of sp³-hybridized carbons (Fsp3) is 0.588. The second-order valence-electron chi connectivity index (χ2n) is 5.41. The summed E-state index contributed by atoms with van der Waals surface area (Å²) in [5.74, 6) is 1.66. The third-order valence-electron chi connectivity index (χ3n) is 3.97. The highest BCUT2D eigenvalue weighted by Gasteiger charge is 2.19. The molecule has 5 heteroatoms. The van der Waals surface area contributed by atoms with Gasteiger partial charge in [0, 0.05) is 51.3 Å². The lowest BCUT2D eigenvalue weighted by atomic mass is 10.1. The molecule has 0 bridgehead atoms. The van der Waals surface area contributed by atoms with Crippen LogP contribution in [0.4, 0.5) is 0 Å². The maximum Gasteiger partial charge on any atom is 0.165 e. The number of hydrogen-bond acceptors (Lipinski definition) is 5. The van der Waals surface area contributed by atoms with Gasteiger partial charge in [-0.2, -0.15) is 5.26 Å². The van der Waals surface area contributed by atoms with Crippen LogP contribution in [0.1, 0.15) is 18.9 Å². The molecule has 1 saturated heterocycles. The van der Waals surface area contributed by atoms with Gasteiger partial charge < -0.3 is 9.47 Å². The molecule has 1 fully saturated rings. The first-order chi connectivity index (χ1) is 10.8. The van der Waals surface area contributed by atoms with E-state index in [1.54, 1.807) is 7.11 Å². The number of ether oxygens (including phenoxy) is 2. The van der Waals surface area contributed by atoms with E-state index in [1.807, 2.05) is 19.1 Å². The van der Waals surface area contributed by atoms with Gasteiger partial charge in [0.05, 0.1) is 19.8 Å². The summed E-state index contributed by atoms with van der Waals surface area (Å²) in [6, 6.07) is 8.27. The van der Waals surface area contributed by atoms with Gasteiger partial charge >= 0.3 is 0 Å². The highest BCUT2D eigenvalue weighted by atomic mass is 16.5. The van der Waals surface area contributed by atoms with E-state index in [9.17, 15) is 0 Å². The molecule has 5 nitrogen and oxygen atoms in total. The minimum Gasteiger partial charge on any atom is -0.493 e. The molecule has 0 N–H and O–H groups in total. The van der Waals surface area contributed by atoms with E-state index in [0.717, 1.165) is 50.8 Å². The van der Waals surface area contributed by atoms with Gasteiger partial charge in [0.1, 0.15) is 0 Å². The van der Waals surface area contributed by atoms with Crippen LogP contribution in [0.15, 0.2) is 18.2 Å². The van der Waals surface area contributed by atoms with E-state index in [1.165, 1.54) is 5.56 Å². The van der Waals surface area contributed by atoms with Crippen LogP contribution in [-0.2, 0) is 6.54 Å². The van der Waals surface area contributed by atoms with Gasteiger partial charge in [0.2, 0.25) is 0 Å². The van der Waals surface area contributed by atoms with Gasteiger partial charge in [0.25, 0.3) is 0 Å². The molecule has 1 aromatic carbocycles. The molecule has 0 aromatic heterocycles. The number of rotatable bonds is 7. The fourth-order valence-corrected chi connectivity index (χ4v) is 2.77. The van der Waals surface area contributed by atoms with Crippen molar-refractivity contribution < 1.29 is 9.47 Å². The Labute approximate surface area is 133 Å². The molecule has 1 aliphatic heterocycles. The lowest BCUT2D eigenvalue weighted by Crippen LogP contribution is -2.46. The Balaban J connectivity index is 1.96. The Hall–Kier alpha value is -1.77. The molecule has 0 radical (unpaired) electrons. The molecule has 1 aliphatic rings. The molecule has 1 heterocycles. The van der Waals surface area contributed by atoms with Crippen molar-refractivity contribution in [2.24, 2.45) is 0 Å². The molecule has 0 amide bonds. The highest BCUT2D eigenvalue weighted by molar-refractivity contribution is 5.46. The first-order valence-corrected chi connectivity index (χ1v) is 7.88. The van der Waals surface area contributed by atoms with E-state index in [2.05, 4.69) is 21.9 Å².